The van der Waals surface area contributed by atoms with Gasteiger partial charge in [0.15, 0.2) is 0 Å². The molecule has 0 fully saturated rings. The zero-order valence-corrected chi connectivity index (χ0v) is 15.5. The standard InChI is InChI=1S/C18H19BrN4O2/c1-23(2)15-8-6-12(7-9-15)10-16(18(25)22-20)21-17(24)13-4-3-5-14(19)11-13/h3-11H,20H2,1-2H3,(H,21,24)(H,22,25)/b16-10-. The van der Waals surface area contributed by atoms with Gasteiger partial charge in [-0.3, -0.25) is 15.0 Å². The van der Waals surface area contributed by atoms with E-state index in [4.69, 9.17) is 5.84 Å². The highest BCUT2D eigenvalue weighted by molar-refractivity contribution is 9.10. The average Bonchev–Trinajstić information content (AvgIpc) is 2.60. The Labute approximate surface area is 154 Å². The van der Waals surface area contributed by atoms with Gasteiger partial charge < -0.3 is 10.2 Å². The maximum Gasteiger partial charge on any atom is 0.281 e. The van der Waals surface area contributed by atoms with E-state index in [1.165, 1.54) is 0 Å². The summed E-state index contributed by atoms with van der Waals surface area (Å²) in [4.78, 5) is 26.3. The first-order valence-electron chi connectivity index (χ1n) is 7.47. The van der Waals surface area contributed by atoms with Crippen LogP contribution in [0.4, 0.5) is 5.69 Å². The van der Waals surface area contributed by atoms with Gasteiger partial charge >= 0.3 is 0 Å². The number of halogens is 1. The van der Waals surface area contributed by atoms with Gasteiger partial charge in [-0.15, -0.1) is 0 Å². The van der Waals surface area contributed by atoms with Crippen molar-refractivity contribution in [3.63, 3.8) is 0 Å². The number of benzene rings is 2. The molecule has 7 heteroatoms. The molecule has 0 aliphatic carbocycles. The number of carbonyl (C=O) groups is 2. The molecule has 2 aromatic carbocycles. The molecule has 0 radical (unpaired) electrons. The number of nitrogens with zero attached hydrogens (tertiary/aromatic N) is 1. The van der Waals surface area contributed by atoms with E-state index in [9.17, 15) is 9.59 Å². The Balaban J connectivity index is 2.26. The molecule has 0 saturated carbocycles. The van der Waals surface area contributed by atoms with Crippen LogP contribution in [0.3, 0.4) is 0 Å². The highest BCUT2D eigenvalue weighted by atomic mass is 79.9. The number of amides is 2. The second kappa shape index (κ2) is 8.46. The van der Waals surface area contributed by atoms with Crippen molar-refractivity contribution < 1.29 is 9.59 Å². The molecule has 0 aliphatic rings. The maximum absolute atomic E-state index is 12.4. The molecular formula is C18H19BrN4O2. The van der Waals surface area contributed by atoms with E-state index < -0.39 is 11.8 Å². The van der Waals surface area contributed by atoms with E-state index in [-0.39, 0.29) is 5.70 Å². The maximum atomic E-state index is 12.4. The van der Waals surface area contributed by atoms with Crippen LogP contribution in [0.15, 0.2) is 58.7 Å². The van der Waals surface area contributed by atoms with Crippen LogP contribution in [-0.2, 0) is 4.79 Å². The van der Waals surface area contributed by atoms with Crippen LogP contribution in [0.25, 0.3) is 6.08 Å². The first-order chi connectivity index (χ1) is 11.9. The number of hydrogen-bond acceptors (Lipinski definition) is 4. The zero-order valence-electron chi connectivity index (χ0n) is 13.9. The minimum absolute atomic E-state index is 0.0603. The van der Waals surface area contributed by atoms with Crippen molar-refractivity contribution >= 4 is 39.5 Å². The quantitative estimate of drug-likeness (QED) is 0.309. The number of hydrogen-bond donors (Lipinski definition) is 3. The van der Waals surface area contributed by atoms with E-state index in [0.29, 0.717) is 5.56 Å². The SMILES string of the molecule is CN(C)c1ccc(/C=C(\NC(=O)c2cccc(Br)c2)C(=O)NN)cc1. The second-order valence-electron chi connectivity index (χ2n) is 5.48. The summed E-state index contributed by atoms with van der Waals surface area (Å²) < 4.78 is 0.772. The lowest BCUT2D eigenvalue weighted by molar-refractivity contribution is -0.117. The minimum atomic E-state index is -0.583. The van der Waals surface area contributed by atoms with Crippen LogP contribution in [0.1, 0.15) is 15.9 Å². The Morgan fingerprint density at radius 1 is 1.12 bits per heavy atom. The Morgan fingerprint density at radius 3 is 2.36 bits per heavy atom. The Morgan fingerprint density at radius 2 is 1.80 bits per heavy atom. The lowest BCUT2D eigenvalue weighted by Gasteiger charge is -2.12. The van der Waals surface area contributed by atoms with E-state index in [0.717, 1.165) is 15.7 Å². The summed E-state index contributed by atoms with van der Waals surface area (Å²) in [7, 11) is 3.88. The molecule has 0 saturated heterocycles. The predicted molar refractivity (Wildman–Crippen MR) is 103 cm³/mol. The van der Waals surface area contributed by atoms with Gasteiger partial charge in [-0.2, -0.15) is 0 Å². The molecule has 25 heavy (non-hydrogen) atoms. The lowest BCUT2D eigenvalue weighted by Crippen LogP contribution is -2.38. The lowest BCUT2D eigenvalue weighted by atomic mass is 10.1. The fraction of sp³-hybridized carbons (Fsp3) is 0.111. The molecule has 0 aliphatic heterocycles. The molecule has 0 unspecified atom stereocenters. The number of nitrogens with two attached hydrogens (primary N) is 1. The molecule has 130 valence electrons. The normalized spacial score (nSPS) is 11.0. The van der Waals surface area contributed by atoms with Crippen molar-refractivity contribution in [3.8, 4) is 0 Å². The summed E-state index contributed by atoms with van der Waals surface area (Å²) in [6.07, 6.45) is 1.57. The van der Waals surface area contributed by atoms with E-state index in [2.05, 4.69) is 21.2 Å². The molecule has 2 rings (SSSR count). The fourth-order valence-electron chi connectivity index (χ4n) is 2.10. The molecular weight excluding hydrogens is 384 g/mol. The van der Waals surface area contributed by atoms with Crippen LogP contribution in [0.2, 0.25) is 0 Å². The number of nitrogens with one attached hydrogen (secondary N) is 2. The first kappa shape index (κ1) is 18.7. The van der Waals surface area contributed by atoms with Gasteiger partial charge in [-0.05, 0) is 42.0 Å². The van der Waals surface area contributed by atoms with Crippen LogP contribution < -0.4 is 21.5 Å². The summed E-state index contributed by atoms with van der Waals surface area (Å²) in [6, 6.07) is 14.4. The smallest absolute Gasteiger partial charge is 0.281 e. The number of hydrazine groups is 1. The molecule has 0 heterocycles. The van der Waals surface area contributed by atoms with Crippen LogP contribution in [0, 0.1) is 0 Å². The molecule has 0 aromatic heterocycles. The van der Waals surface area contributed by atoms with Gasteiger partial charge in [0.05, 0.1) is 0 Å². The Kier molecular flexibility index (Phi) is 6.32. The summed E-state index contributed by atoms with van der Waals surface area (Å²) in [5, 5.41) is 2.60. The van der Waals surface area contributed by atoms with Gasteiger partial charge in [-0.25, -0.2) is 5.84 Å². The molecule has 2 aromatic rings. The van der Waals surface area contributed by atoms with Gasteiger partial charge in [0.25, 0.3) is 11.8 Å². The third-order valence-electron chi connectivity index (χ3n) is 3.43. The van der Waals surface area contributed by atoms with Crippen LogP contribution in [0.5, 0.6) is 0 Å². The van der Waals surface area contributed by atoms with E-state index in [1.807, 2.05) is 54.8 Å². The Bertz CT molecular complexity index is 801. The van der Waals surface area contributed by atoms with E-state index in [1.54, 1.807) is 24.3 Å². The van der Waals surface area contributed by atoms with Gasteiger partial charge in [-0.1, -0.05) is 34.1 Å². The van der Waals surface area contributed by atoms with Crippen molar-refractivity contribution in [2.75, 3.05) is 19.0 Å². The van der Waals surface area contributed by atoms with Gasteiger partial charge in [0.2, 0.25) is 0 Å². The molecule has 0 spiro atoms. The summed E-state index contributed by atoms with van der Waals surface area (Å²) in [5.74, 6) is 4.24. The summed E-state index contributed by atoms with van der Waals surface area (Å²) in [5.41, 5.74) is 4.32. The molecule has 4 N–H and O–H groups in total. The Hall–Kier alpha value is -2.64. The first-order valence-corrected chi connectivity index (χ1v) is 8.27. The minimum Gasteiger partial charge on any atom is -0.378 e. The number of anilines is 1. The van der Waals surface area contributed by atoms with Crippen LogP contribution in [-0.4, -0.2) is 25.9 Å². The monoisotopic (exact) mass is 402 g/mol. The highest BCUT2D eigenvalue weighted by Crippen LogP contribution is 2.15. The van der Waals surface area contributed by atoms with Crippen LogP contribution >= 0.6 is 15.9 Å². The van der Waals surface area contributed by atoms with Crippen molar-refractivity contribution in [2.24, 2.45) is 5.84 Å². The van der Waals surface area contributed by atoms with Crippen molar-refractivity contribution in [2.45, 2.75) is 0 Å². The molecule has 6 nitrogen and oxygen atoms in total. The fourth-order valence-corrected chi connectivity index (χ4v) is 2.49. The predicted octanol–water partition coefficient (Wildman–Crippen LogP) is 2.28. The van der Waals surface area contributed by atoms with E-state index >= 15 is 0 Å². The topological polar surface area (TPSA) is 87.5 Å². The van der Waals surface area contributed by atoms with Gasteiger partial charge in [0.1, 0.15) is 5.70 Å². The molecule has 0 atom stereocenters. The molecule has 0 bridgehead atoms. The summed E-state index contributed by atoms with van der Waals surface area (Å²) in [6.45, 7) is 0. The average molecular weight is 403 g/mol. The summed E-state index contributed by atoms with van der Waals surface area (Å²) >= 11 is 3.31. The third-order valence-corrected chi connectivity index (χ3v) is 3.92. The van der Waals surface area contributed by atoms with Crippen molar-refractivity contribution in [3.05, 3.63) is 69.8 Å². The zero-order chi connectivity index (χ0) is 18.4. The number of rotatable bonds is 5. The molecule has 2 amide bonds. The van der Waals surface area contributed by atoms with Gasteiger partial charge in [0, 0.05) is 29.8 Å². The van der Waals surface area contributed by atoms with Crippen molar-refractivity contribution in [1.82, 2.24) is 10.7 Å². The largest absolute Gasteiger partial charge is 0.378 e. The highest BCUT2D eigenvalue weighted by Gasteiger charge is 2.14. The third kappa shape index (κ3) is 5.17. The number of carbonyl (C=O) groups excluding carboxylic acids is 2. The second-order valence-corrected chi connectivity index (χ2v) is 6.40. The van der Waals surface area contributed by atoms with Crippen molar-refractivity contribution in [1.29, 1.82) is 0 Å².